The van der Waals surface area contributed by atoms with Gasteiger partial charge in [-0.3, -0.25) is 0 Å². The molecule has 0 saturated carbocycles. The molecule has 1 heterocycles. The molecule has 0 bridgehead atoms. The highest BCUT2D eigenvalue weighted by Gasteiger charge is 2.26. The fourth-order valence-corrected chi connectivity index (χ4v) is 3.15. The van der Waals surface area contributed by atoms with Gasteiger partial charge in [0.15, 0.2) is 0 Å². The van der Waals surface area contributed by atoms with E-state index in [1.165, 1.54) is 6.42 Å². The Bertz CT molecular complexity index is 446. The number of hydrogen-bond donors (Lipinski definition) is 1. The minimum atomic E-state index is 0.542. The minimum Gasteiger partial charge on any atom is -0.369 e. The molecule has 106 valence electrons. The Hall–Kier alpha value is -0.440. The van der Waals surface area contributed by atoms with Crippen LogP contribution in [0.5, 0.6) is 0 Å². The van der Waals surface area contributed by atoms with E-state index in [0.717, 1.165) is 40.9 Å². The largest absolute Gasteiger partial charge is 0.369 e. The number of nitrogens with zero attached hydrogens (tertiary/aromatic N) is 1. The number of halogens is 2. The topological polar surface area (TPSA) is 15.3 Å². The molecule has 1 aliphatic rings. The van der Waals surface area contributed by atoms with E-state index in [2.05, 4.69) is 24.1 Å². The highest BCUT2D eigenvalue weighted by atomic mass is 35.5. The highest BCUT2D eigenvalue weighted by Crippen LogP contribution is 2.38. The lowest BCUT2D eigenvalue weighted by atomic mass is 10.1. The predicted molar refractivity (Wildman–Crippen MR) is 84.7 cm³/mol. The number of nitrogens with one attached hydrogen (secondary N) is 1. The van der Waals surface area contributed by atoms with E-state index in [0.29, 0.717) is 12.0 Å². The van der Waals surface area contributed by atoms with Gasteiger partial charge in [0.25, 0.3) is 0 Å². The molecule has 1 aliphatic heterocycles. The molecule has 1 fully saturated rings. The van der Waals surface area contributed by atoms with E-state index in [-0.39, 0.29) is 0 Å². The van der Waals surface area contributed by atoms with Crippen LogP contribution >= 0.6 is 23.2 Å². The first kappa shape index (κ1) is 15.0. The molecule has 19 heavy (non-hydrogen) atoms. The molecule has 2 nitrogen and oxygen atoms in total. The average molecular weight is 301 g/mol. The zero-order chi connectivity index (χ0) is 14.0. The van der Waals surface area contributed by atoms with Crippen LogP contribution in [0.25, 0.3) is 0 Å². The third kappa shape index (κ3) is 3.56. The Balaban J connectivity index is 2.07. The first-order valence-corrected chi connectivity index (χ1v) is 7.67. The molecule has 1 atom stereocenters. The van der Waals surface area contributed by atoms with Crippen LogP contribution in [0.2, 0.25) is 10.0 Å². The maximum Gasteiger partial charge on any atom is 0.0747 e. The first-order valence-electron chi connectivity index (χ1n) is 6.92. The Morgan fingerprint density at radius 2 is 2.11 bits per heavy atom. The second-order valence-corrected chi connectivity index (χ2v) is 6.48. The fraction of sp³-hybridized carbons (Fsp3) is 0.600. The zero-order valence-electron chi connectivity index (χ0n) is 11.8. The summed E-state index contributed by atoms with van der Waals surface area (Å²) >= 11 is 12.7. The second-order valence-electron chi connectivity index (χ2n) is 5.69. The van der Waals surface area contributed by atoms with Gasteiger partial charge in [0.05, 0.1) is 15.7 Å². The third-order valence-electron chi connectivity index (χ3n) is 3.68. The van der Waals surface area contributed by atoms with E-state index in [9.17, 15) is 0 Å². The molecule has 1 aromatic carbocycles. The summed E-state index contributed by atoms with van der Waals surface area (Å²) in [5.41, 5.74) is 2.10. The monoisotopic (exact) mass is 300 g/mol. The Kier molecular flexibility index (Phi) is 4.99. The molecule has 0 aromatic heterocycles. The molecule has 1 N–H and O–H groups in total. The van der Waals surface area contributed by atoms with E-state index in [4.69, 9.17) is 23.2 Å². The summed E-state index contributed by atoms with van der Waals surface area (Å²) in [6, 6.07) is 4.46. The lowest BCUT2D eigenvalue weighted by Crippen LogP contribution is -2.30. The van der Waals surface area contributed by atoms with Crippen molar-refractivity contribution in [3.8, 4) is 0 Å². The molecular weight excluding hydrogens is 279 g/mol. The van der Waals surface area contributed by atoms with Crippen LogP contribution in [0.15, 0.2) is 12.1 Å². The van der Waals surface area contributed by atoms with Gasteiger partial charge in [-0.2, -0.15) is 0 Å². The maximum atomic E-state index is 6.41. The number of anilines is 1. The van der Waals surface area contributed by atoms with Gasteiger partial charge in [-0.25, -0.2) is 0 Å². The number of benzene rings is 1. The lowest BCUT2D eigenvalue weighted by molar-refractivity contribution is 0.480. The van der Waals surface area contributed by atoms with Crippen molar-refractivity contribution in [2.45, 2.75) is 33.2 Å². The highest BCUT2D eigenvalue weighted by molar-refractivity contribution is 6.39. The number of rotatable bonds is 4. The van der Waals surface area contributed by atoms with Crippen molar-refractivity contribution >= 4 is 28.9 Å². The maximum absolute atomic E-state index is 6.41. The van der Waals surface area contributed by atoms with Gasteiger partial charge >= 0.3 is 0 Å². The summed E-state index contributed by atoms with van der Waals surface area (Å²) in [7, 11) is 0. The molecule has 2 rings (SSSR count). The summed E-state index contributed by atoms with van der Waals surface area (Å²) in [6.07, 6.45) is 1.19. The van der Waals surface area contributed by atoms with E-state index >= 15 is 0 Å². The van der Waals surface area contributed by atoms with Crippen LogP contribution in [-0.4, -0.2) is 25.7 Å². The van der Waals surface area contributed by atoms with Gasteiger partial charge in [-0.1, -0.05) is 43.1 Å². The molecule has 4 heteroatoms. The predicted octanol–water partition coefficient (Wildman–Crippen LogP) is 4.13. The quantitative estimate of drug-likeness (QED) is 0.899. The summed E-state index contributed by atoms with van der Waals surface area (Å²) in [4.78, 5) is 2.32. The van der Waals surface area contributed by atoms with Crippen LogP contribution in [0, 0.1) is 12.8 Å². The van der Waals surface area contributed by atoms with Crippen molar-refractivity contribution in [1.29, 1.82) is 0 Å². The molecule has 0 spiro atoms. The normalized spacial score (nSPS) is 19.5. The lowest BCUT2D eigenvalue weighted by Gasteiger charge is -2.22. The van der Waals surface area contributed by atoms with Crippen molar-refractivity contribution < 1.29 is 0 Å². The molecule has 1 unspecified atom stereocenters. The van der Waals surface area contributed by atoms with Crippen LogP contribution in [0.4, 0.5) is 5.69 Å². The first-order chi connectivity index (χ1) is 8.99. The van der Waals surface area contributed by atoms with Crippen LogP contribution in [-0.2, 0) is 0 Å². The van der Waals surface area contributed by atoms with E-state index < -0.39 is 0 Å². The van der Waals surface area contributed by atoms with Gasteiger partial charge in [0, 0.05) is 19.1 Å². The van der Waals surface area contributed by atoms with Crippen molar-refractivity contribution in [2.75, 3.05) is 24.5 Å². The van der Waals surface area contributed by atoms with Gasteiger partial charge < -0.3 is 10.2 Å². The Morgan fingerprint density at radius 1 is 1.37 bits per heavy atom. The minimum absolute atomic E-state index is 0.542. The molecule has 0 amide bonds. The standard InChI is InChI=1S/C15H22Cl2N2/c1-10(2)18-8-12-6-7-19(9-12)15-13(16)5-4-11(3)14(15)17/h4-5,10,12,18H,6-9H2,1-3H3. The molecule has 0 aliphatic carbocycles. The third-order valence-corrected chi connectivity index (χ3v) is 4.46. The Labute approximate surface area is 126 Å². The van der Waals surface area contributed by atoms with Crippen molar-refractivity contribution in [3.05, 3.63) is 27.7 Å². The van der Waals surface area contributed by atoms with Gasteiger partial charge in [0.2, 0.25) is 0 Å². The van der Waals surface area contributed by atoms with Crippen LogP contribution in [0.1, 0.15) is 25.8 Å². The second kappa shape index (κ2) is 6.34. The van der Waals surface area contributed by atoms with Crippen molar-refractivity contribution in [3.63, 3.8) is 0 Å². The van der Waals surface area contributed by atoms with Crippen molar-refractivity contribution in [1.82, 2.24) is 5.32 Å². The summed E-state index contributed by atoms with van der Waals surface area (Å²) in [6.45, 7) is 9.52. The van der Waals surface area contributed by atoms with E-state index in [1.54, 1.807) is 0 Å². The summed E-state index contributed by atoms with van der Waals surface area (Å²) < 4.78 is 0. The number of aryl methyl sites for hydroxylation is 1. The van der Waals surface area contributed by atoms with Crippen molar-refractivity contribution in [2.24, 2.45) is 5.92 Å². The Morgan fingerprint density at radius 3 is 2.79 bits per heavy atom. The molecule has 1 saturated heterocycles. The fourth-order valence-electron chi connectivity index (χ4n) is 2.54. The number of hydrogen-bond acceptors (Lipinski definition) is 2. The average Bonchev–Trinajstić information content (AvgIpc) is 2.80. The molecule has 1 aromatic rings. The van der Waals surface area contributed by atoms with Crippen LogP contribution in [0.3, 0.4) is 0 Å². The zero-order valence-corrected chi connectivity index (χ0v) is 13.4. The van der Waals surface area contributed by atoms with Crippen LogP contribution < -0.4 is 10.2 Å². The molecular formula is C15H22Cl2N2. The summed E-state index contributed by atoms with van der Waals surface area (Å²) in [5.74, 6) is 0.676. The smallest absolute Gasteiger partial charge is 0.0747 e. The van der Waals surface area contributed by atoms with E-state index in [1.807, 2.05) is 19.1 Å². The van der Waals surface area contributed by atoms with Gasteiger partial charge in [-0.05, 0) is 37.4 Å². The summed E-state index contributed by atoms with van der Waals surface area (Å²) in [5, 5.41) is 5.06. The molecule has 0 radical (unpaired) electrons. The van der Waals surface area contributed by atoms with Gasteiger partial charge in [0.1, 0.15) is 0 Å². The van der Waals surface area contributed by atoms with Gasteiger partial charge in [-0.15, -0.1) is 0 Å². The SMILES string of the molecule is Cc1ccc(Cl)c(N2CCC(CNC(C)C)C2)c1Cl.